The molecule has 2 amide bonds. The molecule has 2 rings (SSSR count). The van der Waals surface area contributed by atoms with Gasteiger partial charge in [-0.3, -0.25) is 0 Å². The van der Waals surface area contributed by atoms with Gasteiger partial charge in [-0.2, -0.15) is 0 Å². The Bertz CT molecular complexity index is 605. The van der Waals surface area contributed by atoms with Crippen LogP contribution in [0.2, 0.25) is 0 Å². The fourth-order valence-corrected chi connectivity index (χ4v) is 1.86. The Hall–Kier alpha value is -2.29. The number of aryl methyl sites for hydroxylation is 3. The molecule has 3 heteroatoms. The van der Waals surface area contributed by atoms with Gasteiger partial charge in [-0.05, 0) is 49.6 Å². The number of hydrogen-bond donors (Lipinski definition) is 2. The number of carbonyl (C=O) groups is 1. The first-order valence-electron chi connectivity index (χ1n) is 6.27. The smallest absolute Gasteiger partial charge is 0.307 e. The Morgan fingerprint density at radius 2 is 1.47 bits per heavy atom. The van der Waals surface area contributed by atoms with Crippen molar-refractivity contribution in [2.75, 3.05) is 10.6 Å². The first kappa shape index (κ1) is 13.1. The second kappa shape index (κ2) is 5.57. The first-order valence-corrected chi connectivity index (χ1v) is 6.27. The Morgan fingerprint density at radius 1 is 0.842 bits per heavy atom. The molecular formula is C16H18N2O. The van der Waals surface area contributed by atoms with Crippen LogP contribution in [-0.2, 0) is 0 Å². The van der Waals surface area contributed by atoms with E-state index in [1.54, 1.807) is 0 Å². The molecule has 0 saturated carbocycles. The first-order chi connectivity index (χ1) is 9.06. The van der Waals surface area contributed by atoms with Crippen LogP contribution in [0.4, 0.5) is 16.2 Å². The average Bonchev–Trinajstić information content (AvgIpc) is 2.37. The average molecular weight is 254 g/mol. The lowest BCUT2D eigenvalue weighted by atomic mass is 10.1. The van der Waals surface area contributed by atoms with E-state index >= 15 is 0 Å². The van der Waals surface area contributed by atoms with Gasteiger partial charge in [-0.1, -0.05) is 30.3 Å². The largest absolute Gasteiger partial charge is 0.323 e. The highest BCUT2D eigenvalue weighted by Gasteiger charge is 2.06. The number of para-hydroxylation sites is 1. The van der Waals surface area contributed by atoms with Crippen LogP contribution in [0.1, 0.15) is 16.7 Å². The van der Waals surface area contributed by atoms with Gasteiger partial charge in [0.2, 0.25) is 0 Å². The maximum atomic E-state index is 12.0. The zero-order valence-electron chi connectivity index (χ0n) is 11.4. The normalized spacial score (nSPS) is 10.1. The number of nitrogens with one attached hydrogen (secondary N) is 2. The highest BCUT2D eigenvalue weighted by Crippen LogP contribution is 2.18. The minimum Gasteiger partial charge on any atom is -0.307 e. The summed E-state index contributed by atoms with van der Waals surface area (Å²) in [6.45, 7) is 5.94. The summed E-state index contributed by atoms with van der Waals surface area (Å²) in [5.74, 6) is 0. The molecule has 0 heterocycles. The van der Waals surface area contributed by atoms with Crippen LogP contribution in [0.5, 0.6) is 0 Å². The monoisotopic (exact) mass is 254 g/mol. The predicted octanol–water partition coefficient (Wildman–Crippen LogP) is 4.26. The Morgan fingerprint density at radius 3 is 2.21 bits per heavy atom. The topological polar surface area (TPSA) is 41.1 Å². The van der Waals surface area contributed by atoms with Gasteiger partial charge in [0.25, 0.3) is 0 Å². The van der Waals surface area contributed by atoms with Crippen molar-refractivity contribution in [2.45, 2.75) is 20.8 Å². The summed E-state index contributed by atoms with van der Waals surface area (Å²) in [7, 11) is 0. The number of amides is 2. The molecular weight excluding hydrogens is 236 g/mol. The molecule has 19 heavy (non-hydrogen) atoms. The maximum absolute atomic E-state index is 12.0. The number of benzene rings is 2. The molecule has 2 N–H and O–H groups in total. The van der Waals surface area contributed by atoms with Gasteiger partial charge in [0.15, 0.2) is 0 Å². The van der Waals surface area contributed by atoms with Gasteiger partial charge >= 0.3 is 6.03 Å². The molecule has 0 aliphatic heterocycles. The number of urea groups is 1. The second-order valence-electron chi connectivity index (χ2n) is 4.71. The van der Waals surface area contributed by atoms with Crippen molar-refractivity contribution >= 4 is 17.4 Å². The third-order valence-electron chi connectivity index (χ3n) is 3.03. The molecule has 0 radical (unpaired) electrons. The SMILES string of the molecule is Cc1ccc(C)c(NC(=O)Nc2ccccc2C)c1. The van der Waals surface area contributed by atoms with E-state index in [1.807, 2.05) is 63.2 Å². The number of anilines is 2. The van der Waals surface area contributed by atoms with Crippen LogP contribution in [-0.4, -0.2) is 6.03 Å². The van der Waals surface area contributed by atoms with E-state index in [0.29, 0.717) is 0 Å². The summed E-state index contributed by atoms with van der Waals surface area (Å²) < 4.78 is 0. The van der Waals surface area contributed by atoms with Crippen molar-refractivity contribution < 1.29 is 4.79 Å². The third kappa shape index (κ3) is 3.35. The third-order valence-corrected chi connectivity index (χ3v) is 3.03. The molecule has 0 atom stereocenters. The van der Waals surface area contributed by atoms with Crippen LogP contribution in [0, 0.1) is 20.8 Å². The molecule has 2 aromatic carbocycles. The van der Waals surface area contributed by atoms with E-state index in [9.17, 15) is 4.79 Å². The Balaban J connectivity index is 2.10. The van der Waals surface area contributed by atoms with E-state index in [1.165, 1.54) is 0 Å². The van der Waals surface area contributed by atoms with Crippen molar-refractivity contribution in [3.63, 3.8) is 0 Å². The molecule has 0 bridgehead atoms. The minimum absolute atomic E-state index is 0.219. The summed E-state index contributed by atoms with van der Waals surface area (Å²) in [4.78, 5) is 12.0. The van der Waals surface area contributed by atoms with E-state index in [0.717, 1.165) is 28.1 Å². The lowest BCUT2D eigenvalue weighted by Crippen LogP contribution is -2.20. The summed E-state index contributed by atoms with van der Waals surface area (Å²) >= 11 is 0. The molecule has 0 spiro atoms. The van der Waals surface area contributed by atoms with Gasteiger partial charge in [0.1, 0.15) is 0 Å². The molecule has 98 valence electrons. The number of rotatable bonds is 2. The molecule has 3 nitrogen and oxygen atoms in total. The van der Waals surface area contributed by atoms with E-state index in [2.05, 4.69) is 10.6 Å². The lowest BCUT2D eigenvalue weighted by Gasteiger charge is -2.12. The number of carbonyl (C=O) groups excluding carboxylic acids is 1. The fourth-order valence-electron chi connectivity index (χ4n) is 1.86. The summed E-state index contributed by atoms with van der Waals surface area (Å²) in [6, 6.07) is 13.5. The van der Waals surface area contributed by atoms with E-state index in [-0.39, 0.29) is 6.03 Å². The second-order valence-corrected chi connectivity index (χ2v) is 4.71. The van der Waals surface area contributed by atoms with Gasteiger partial charge < -0.3 is 10.6 Å². The van der Waals surface area contributed by atoms with Gasteiger partial charge in [0, 0.05) is 11.4 Å². The van der Waals surface area contributed by atoms with Crippen LogP contribution < -0.4 is 10.6 Å². The van der Waals surface area contributed by atoms with Crippen molar-refractivity contribution in [3.8, 4) is 0 Å². The van der Waals surface area contributed by atoms with Crippen LogP contribution in [0.15, 0.2) is 42.5 Å². The molecule has 0 aliphatic carbocycles. The molecule has 2 aromatic rings. The predicted molar refractivity (Wildman–Crippen MR) is 79.7 cm³/mol. The van der Waals surface area contributed by atoms with Crippen LogP contribution >= 0.6 is 0 Å². The number of hydrogen-bond acceptors (Lipinski definition) is 1. The minimum atomic E-state index is -0.219. The van der Waals surface area contributed by atoms with Crippen LogP contribution in [0.3, 0.4) is 0 Å². The standard InChI is InChI=1S/C16H18N2O/c1-11-8-9-13(3)15(10-11)18-16(19)17-14-7-5-4-6-12(14)2/h4-10H,1-3H3,(H2,17,18,19). The van der Waals surface area contributed by atoms with Crippen molar-refractivity contribution in [1.29, 1.82) is 0 Å². The molecule has 0 saturated heterocycles. The van der Waals surface area contributed by atoms with Gasteiger partial charge in [0.05, 0.1) is 0 Å². The molecule has 0 aliphatic rings. The Labute approximate surface area is 113 Å². The molecule has 0 fully saturated rings. The molecule has 0 aromatic heterocycles. The summed E-state index contributed by atoms with van der Waals surface area (Å²) in [5.41, 5.74) is 4.87. The van der Waals surface area contributed by atoms with E-state index < -0.39 is 0 Å². The highest BCUT2D eigenvalue weighted by molar-refractivity contribution is 6.00. The zero-order chi connectivity index (χ0) is 13.8. The summed E-state index contributed by atoms with van der Waals surface area (Å²) in [5, 5.41) is 5.73. The van der Waals surface area contributed by atoms with E-state index in [4.69, 9.17) is 0 Å². The molecule has 0 unspecified atom stereocenters. The lowest BCUT2D eigenvalue weighted by molar-refractivity contribution is 0.262. The van der Waals surface area contributed by atoms with Crippen LogP contribution in [0.25, 0.3) is 0 Å². The quantitative estimate of drug-likeness (QED) is 0.826. The summed E-state index contributed by atoms with van der Waals surface area (Å²) in [6.07, 6.45) is 0. The van der Waals surface area contributed by atoms with Gasteiger partial charge in [-0.25, -0.2) is 4.79 Å². The van der Waals surface area contributed by atoms with Crippen molar-refractivity contribution in [1.82, 2.24) is 0 Å². The highest BCUT2D eigenvalue weighted by atomic mass is 16.2. The van der Waals surface area contributed by atoms with Crippen molar-refractivity contribution in [2.24, 2.45) is 0 Å². The maximum Gasteiger partial charge on any atom is 0.323 e. The zero-order valence-corrected chi connectivity index (χ0v) is 11.4. The fraction of sp³-hybridized carbons (Fsp3) is 0.188. The van der Waals surface area contributed by atoms with Crippen molar-refractivity contribution in [3.05, 3.63) is 59.2 Å². The Kier molecular flexibility index (Phi) is 3.85. The van der Waals surface area contributed by atoms with Gasteiger partial charge in [-0.15, -0.1) is 0 Å².